The predicted molar refractivity (Wildman–Crippen MR) is 88.2 cm³/mol. The lowest BCUT2D eigenvalue weighted by atomic mass is 10.00. The van der Waals surface area contributed by atoms with Gasteiger partial charge in [0, 0.05) is 30.4 Å². The quantitative estimate of drug-likeness (QED) is 0.796. The maximum Gasteiger partial charge on any atom is 0.269 e. The summed E-state index contributed by atoms with van der Waals surface area (Å²) in [6.07, 6.45) is 2.08. The first-order valence-electron chi connectivity index (χ1n) is 8.07. The number of rotatable bonds is 3. The molecule has 0 aliphatic carbocycles. The van der Waals surface area contributed by atoms with E-state index in [1.807, 2.05) is 25.6 Å². The summed E-state index contributed by atoms with van der Waals surface area (Å²) < 4.78 is 1.83. The molecule has 1 fully saturated rings. The first kappa shape index (κ1) is 15.7. The lowest BCUT2D eigenvalue weighted by Gasteiger charge is -2.30. The second kappa shape index (κ2) is 6.16. The molecule has 3 N–H and O–H groups in total. The van der Waals surface area contributed by atoms with E-state index >= 15 is 0 Å². The first-order chi connectivity index (χ1) is 11.0. The SMILES string of the molecule is Cc1nn(C)c(C)c1-c1cc(C(=O)NC2CCCNC2C)[nH]n1. The van der Waals surface area contributed by atoms with Gasteiger partial charge in [-0.25, -0.2) is 0 Å². The van der Waals surface area contributed by atoms with Crippen LogP contribution in [0.25, 0.3) is 11.3 Å². The third-order valence-electron chi connectivity index (χ3n) is 4.67. The van der Waals surface area contributed by atoms with Crippen molar-refractivity contribution in [3.05, 3.63) is 23.1 Å². The normalized spacial score (nSPS) is 21.4. The average molecular weight is 316 g/mol. The van der Waals surface area contributed by atoms with Gasteiger partial charge in [-0.2, -0.15) is 10.2 Å². The average Bonchev–Trinajstić information content (AvgIpc) is 3.07. The van der Waals surface area contributed by atoms with Crippen molar-refractivity contribution in [2.45, 2.75) is 45.7 Å². The van der Waals surface area contributed by atoms with Gasteiger partial charge in [-0.3, -0.25) is 14.6 Å². The first-order valence-corrected chi connectivity index (χ1v) is 8.07. The number of amides is 1. The molecule has 2 unspecified atom stereocenters. The Hall–Kier alpha value is -2.15. The largest absolute Gasteiger partial charge is 0.346 e. The third-order valence-corrected chi connectivity index (χ3v) is 4.67. The number of nitrogens with one attached hydrogen (secondary N) is 3. The van der Waals surface area contributed by atoms with Crippen LogP contribution in [0.1, 0.15) is 41.6 Å². The summed E-state index contributed by atoms with van der Waals surface area (Å²) in [6.45, 7) is 7.07. The number of carbonyl (C=O) groups excluding carboxylic acids is 1. The Bertz CT molecular complexity index is 716. The molecule has 0 spiro atoms. The zero-order valence-electron chi connectivity index (χ0n) is 14.1. The summed E-state index contributed by atoms with van der Waals surface area (Å²) in [4.78, 5) is 12.4. The van der Waals surface area contributed by atoms with E-state index in [1.165, 1.54) is 0 Å². The molecule has 2 aromatic rings. The number of aromatic nitrogens is 4. The van der Waals surface area contributed by atoms with E-state index in [1.54, 1.807) is 6.07 Å². The van der Waals surface area contributed by atoms with E-state index in [9.17, 15) is 4.79 Å². The molecule has 7 nitrogen and oxygen atoms in total. The molecule has 0 radical (unpaired) electrons. The van der Waals surface area contributed by atoms with Gasteiger partial charge in [0.2, 0.25) is 0 Å². The van der Waals surface area contributed by atoms with Crippen molar-refractivity contribution in [2.24, 2.45) is 7.05 Å². The number of hydrogen-bond acceptors (Lipinski definition) is 4. The van der Waals surface area contributed by atoms with Gasteiger partial charge in [0.1, 0.15) is 5.69 Å². The molecule has 7 heteroatoms. The van der Waals surface area contributed by atoms with Crippen LogP contribution in [0.5, 0.6) is 0 Å². The van der Waals surface area contributed by atoms with Crippen LogP contribution in [0.3, 0.4) is 0 Å². The van der Waals surface area contributed by atoms with Crippen LogP contribution in [0, 0.1) is 13.8 Å². The van der Waals surface area contributed by atoms with Crippen LogP contribution < -0.4 is 10.6 Å². The minimum Gasteiger partial charge on any atom is -0.346 e. The van der Waals surface area contributed by atoms with E-state index < -0.39 is 0 Å². The van der Waals surface area contributed by atoms with Crippen LogP contribution >= 0.6 is 0 Å². The monoisotopic (exact) mass is 316 g/mol. The van der Waals surface area contributed by atoms with Crippen LogP contribution in [0.2, 0.25) is 0 Å². The van der Waals surface area contributed by atoms with Crippen LogP contribution in [-0.4, -0.2) is 44.5 Å². The molecule has 0 aromatic carbocycles. The van der Waals surface area contributed by atoms with Gasteiger partial charge >= 0.3 is 0 Å². The molecular formula is C16H24N6O. The van der Waals surface area contributed by atoms with Crippen molar-refractivity contribution in [2.75, 3.05) is 6.54 Å². The van der Waals surface area contributed by atoms with E-state index in [-0.39, 0.29) is 18.0 Å². The molecule has 124 valence electrons. The molecule has 1 aliphatic rings. The number of carbonyl (C=O) groups is 1. The Morgan fingerprint density at radius 3 is 2.87 bits per heavy atom. The van der Waals surface area contributed by atoms with Crippen molar-refractivity contribution in [3.63, 3.8) is 0 Å². The molecule has 0 bridgehead atoms. The van der Waals surface area contributed by atoms with E-state index in [0.717, 1.165) is 42.0 Å². The highest BCUT2D eigenvalue weighted by Gasteiger charge is 2.24. The molecule has 2 aromatic heterocycles. The summed E-state index contributed by atoms with van der Waals surface area (Å²) in [5, 5.41) is 18.0. The second-order valence-corrected chi connectivity index (χ2v) is 6.30. The maximum absolute atomic E-state index is 12.4. The molecule has 1 amide bonds. The van der Waals surface area contributed by atoms with Gasteiger partial charge in [0.15, 0.2) is 0 Å². The van der Waals surface area contributed by atoms with Crippen LogP contribution in [0.4, 0.5) is 0 Å². The molecule has 1 aliphatic heterocycles. The van der Waals surface area contributed by atoms with Gasteiger partial charge in [-0.05, 0) is 46.2 Å². The zero-order chi connectivity index (χ0) is 16.6. The molecular weight excluding hydrogens is 292 g/mol. The van der Waals surface area contributed by atoms with Crippen molar-refractivity contribution < 1.29 is 4.79 Å². The number of H-pyrrole nitrogens is 1. The lowest BCUT2D eigenvalue weighted by Crippen LogP contribution is -2.51. The number of aryl methyl sites for hydroxylation is 2. The fraction of sp³-hybridized carbons (Fsp3) is 0.562. The van der Waals surface area contributed by atoms with E-state index in [2.05, 4.69) is 32.9 Å². The van der Waals surface area contributed by atoms with Gasteiger partial charge in [0.05, 0.1) is 11.4 Å². The summed E-state index contributed by atoms with van der Waals surface area (Å²) in [5.74, 6) is -0.108. The second-order valence-electron chi connectivity index (χ2n) is 6.30. The smallest absolute Gasteiger partial charge is 0.269 e. The Balaban J connectivity index is 1.77. The fourth-order valence-electron chi connectivity index (χ4n) is 3.20. The van der Waals surface area contributed by atoms with Crippen LogP contribution in [-0.2, 0) is 7.05 Å². The lowest BCUT2D eigenvalue weighted by molar-refractivity contribution is 0.0914. The molecule has 2 atom stereocenters. The Morgan fingerprint density at radius 1 is 1.43 bits per heavy atom. The minimum absolute atomic E-state index is 0.108. The fourth-order valence-corrected chi connectivity index (χ4v) is 3.20. The molecule has 23 heavy (non-hydrogen) atoms. The summed E-state index contributed by atoms with van der Waals surface area (Å²) in [6, 6.07) is 2.25. The van der Waals surface area contributed by atoms with Crippen molar-refractivity contribution in [1.82, 2.24) is 30.6 Å². The van der Waals surface area contributed by atoms with E-state index in [4.69, 9.17) is 0 Å². The highest BCUT2D eigenvalue weighted by Crippen LogP contribution is 2.25. The van der Waals surface area contributed by atoms with Crippen molar-refractivity contribution >= 4 is 5.91 Å². The topological polar surface area (TPSA) is 87.6 Å². The van der Waals surface area contributed by atoms with Gasteiger partial charge in [0.25, 0.3) is 5.91 Å². The maximum atomic E-state index is 12.4. The third kappa shape index (κ3) is 3.01. The number of aromatic amines is 1. The van der Waals surface area contributed by atoms with Gasteiger partial charge in [-0.1, -0.05) is 0 Å². The van der Waals surface area contributed by atoms with Crippen molar-refractivity contribution in [1.29, 1.82) is 0 Å². The number of piperidine rings is 1. The molecule has 1 saturated heterocycles. The molecule has 3 rings (SSSR count). The Labute approximate surface area is 135 Å². The standard InChI is InChI=1S/C16H24N6O/c1-9-12(6-5-7-17-9)18-16(23)14-8-13(19-20-14)15-10(2)21-22(4)11(15)3/h8-9,12,17H,5-7H2,1-4H3,(H,18,23)(H,19,20). The Kier molecular flexibility index (Phi) is 4.21. The number of nitrogens with zero attached hydrogens (tertiary/aromatic N) is 3. The highest BCUT2D eigenvalue weighted by atomic mass is 16.2. The predicted octanol–water partition coefficient (Wildman–Crippen LogP) is 1.30. The van der Waals surface area contributed by atoms with Gasteiger partial charge < -0.3 is 10.6 Å². The van der Waals surface area contributed by atoms with Crippen LogP contribution in [0.15, 0.2) is 6.07 Å². The van der Waals surface area contributed by atoms with Gasteiger partial charge in [-0.15, -0.1) is 0 Å². The zero-order valence-corrected chi connectivity index (χ0v) is 14.1. The summed E-state index contributed by atoms with van der Waals surface area (Å²) in [7, 11) is 1.91. The minimum atomic E-state index is -0.108. The number of hydrogen-bond donors (Lipinski definition) is 3. The summed E-state index contributed by atoms with van der Waals surface area (Å²) >= 11 is 0. The van der Waals surface area contributed by atoms with Crippen molar-refractivity contribution in [3.8, 4) is 11.3 Å². The van der Waals surface area contributed by atoms with E-state index in [0.29, 0.717) is 5.69 Å². The Morgan fingerprint density at radius 2 is 2.22 bits per heavy atom. The highest BCUT2D eigenvalue weighted by molar-refractivity contribution is 5.93. The molecule has 0 saturated carbocycles. The molecule has 3 heterocycles. The summed E-state index contributed by atoms with van der Waals surface area (Å²) in [5.41, 5.74) is 4.17.